The fourth-order valence-corrected chi connectivity index (χ4v) is 2.96. The second-order valence-electron chi connectivity index (χ2n) is 5.26. The number of carbonyl (C=O) groups is 1. The lowest BCUT2D eigenvalue weighted by atomic mass is 9.98. The van der Waals surface area contributed by atoms with E-state index in [9.17, 15) is 4.79 Å². The van der Waals surface area contributed by atoms with Crippen LogP contribution in [0.4, 0.5) is 5.69 Å². The summed E-state index contributed by atoms with van der Waals surface area (Å²) in [6, 6.07) is 5.87. The molecule has 2 rings (SSSR count). The van der Waals surface area contributed by atoms with Crippen molar-refractivity contribution in [1.82, 2.24) is 4.90 Å². The minimum absolute atomic E-state index is 0.262. The Morgan fingerprint density at radius 1 is 1.42 bits per heavy atom. The van der Waals surface area contributed by atoms with Gasteiger partial charge in [0, 0.05) is 29.7 Å². The van der Waals surface area contributed by atoms with E-state index in [1.807, 2.05) is 23.1 Å². The molecule has 2 N–H and O–H groups in total. The van der Waals surface area contributed by atoms with Gasteiger partial charge in [0.05, 0.1) is 0 Å². The van der Waals surface area contributed by atoms with Crippen molar-refractivity contribution in [3.05, 3.63) is 28.2 Å². The van der Waals surface area contributed by atoms with Gasteiger partial charge in [-0.1, -0.05) is 35.3 Å². The summed E-state index contributed by atoms with van der Waals surface area (Å²) in [6.45, 7) is 3.69. The lowest BCUT2D eigenvalue weighted by Gasteiger charge is -2.21. The number of amides is 1. The maximum atomic E-state index is 12.1. The number of nitrogens with two attached hydrogens (primary N) is 1. The number of nitrogen functional groups attached to an aromatic ring is 1. The molecular formula is C15H21BrN2O. The number of anilines is 1. The zero-order valence-electron chi connectivity index (χ0n) is 11.4. The first-order chi connectivity index (χ1) is 9.10. The van der Waals surface area contributed by atoms with Crippen LogP contribution in [0.3, 0.4) is 0 Å². The van der Waals surface area contributed by atoms with Gasteiger partial charge in [0.1, 0.15) is 0 Å². The Labute approximate surface area is 123 Å². The van der Waals surface area contributed by atoms with Gasteiger partial charge < -0.3 is 10.6 Å². The van der Waals surface area contributed by atoms with Crippen molar-refractivity contribution >= 4 is 27.5 Å². The molecule has 1 heterocycles. The average Bonchev–Trinajstić information content (AvgIpc) is 2.56. The SMILES string of the molecule is CCC1CCC(=O)N(Cc2ccc(Br)cc2N)CC1. The van der Waals surface area contributed by atoms with Crippen LogP contribution >= 0.6 is 15.9 Å². The van der Waals surface area contributed by atoms with Crippen LogP contribution in [0.1, 0.15) is 38.2 Å². The summed E-state index contributed by atoms with van der Waals surface area (Å²) >= 11 is 3.40. The predicted octanol–water partition coefficient (Wildman–Crippen LogP) is 3.57. The third kappa shape index (κ3) is 3.72. The summed E-state index contributed by atoms with van der Waals surface area (Å²) in [4.78, 5) is 14.1. The molecule has 1 aliphatic rings. The molecule has 19 heavy (non-hydrogen) atoms. The topological polar surface area (TPSA) is 46.3 Å². The third-order valence-electron chi connectivity index (χ3n) is 3.97. The number of nitrogens with zero attached hydrogens (tertiary/aromatic N) is 1. The van der Waals surface area contributed by atoms with Gasteiger partial charge >= 0.3 is 0 Å². The molecule has 0 saturated carbocycles. The van der Waals surface area contributed by atoms with Gasteiger partial charge in [-0.05, 0) is 36.5 Å². The molecule has 3 nitrogen and oxygen atoms in total. The number of hydrogen-bond acceptors (Lipinski definition) is 2. The molecule has 104 valence electrons. The van der Waals surface area contributed by atoms with Crippen LogP contribution in [0.5, 0.6) is 0 Å². The highest BCUT2D eigenvalue weighted by molar-refractivity contribution is 9.10. The van der Waals surface area contributed by atoms with E-state index in [2.05, 4.69) is 22.9 Å². The van der Waals surface area contributed by atoms with Gasteiger partial charge in [-0.3, -0.25) is 4.79 Å². The third-order valence-corrected chi connectivity index (χ3v) is 4.47. The molecule has 1 saturated heterocycles. The quantitative estimate of drug-likeness (QED) is 0.864. The maximum Gasteiger partial charge on any atom is 0.222 e. The number of carbonyl (C=O) groups excluding carboxylic acids is 1. The van der Waals surface area contributed by atoms with Crippen molar-refractivity contribution < 1.29 is 4.79 Å². The molecule has 0 bridgehead atoms. The lowest BCUT2D eigenvalue weighted by molar-refractivity contribution is -0.131. The fraction of sp³-hybridized carbons (Fsp3) is 0.533. The maximum absolute atomic E-state index is 12.1. The molecule has 1 aromatic carbocycles. The molecule has 1 fully saturated rings. The molecular weight excluding hydrogens is 304 g/mol. The number of halogens is 1. The lowest BCUT2D eigenvalue weighted by Crippen LogP contribution is -2.30. The smallest absolute Gasteiger partial charge is 0.222 e. The van der Waals surface area contributed by atoms with Gasteiger partial charge in [0.2, 0.25) is 5.91 Å². The van der Waals surface area contributed by atoms with Crippen molar-refractivity contribution in [1.29, 1.82) is 0 Å². The van der Waals surface area contributed by atoms with Crippen molar-refractivity contribution in [2.45, 2.75) is 39.2 Å². The highest BCUT2D eigenvalue weighted by Crippen LogP contribution is 2.24. The van der Waals surface area contributed by atoms with Crippen LogP contribution in [0.2, 0.25) is 0 Å². The summed E-state index contributed by atoms with van der Waals surface area (Å²) in [7, 11) is 0. The summed E-state index contributed by atoms with van der Waals surface area (Å²) in [5.74, 6) is 0.953. The minimum atomic E-state index is 0.262. The molecule has 1 unspecified atom stereocenters. The molecule has 0 spiro atoms. The Morgan fingerprint density at radius 2 is 2.21 bits per heavy atom. The van der Waals surface area contributed by atoms with E-state index in [0.29, 0.717) is 18.9 Å². The van der Waals surface area contributed by atoms with Crippen LogP contribution in [0.15, 0.2) is 22.7 Å². The largest absolute Gasteiger partial charge is 0.398 e. The highest BCUT2D eigenvalue weighted by Gasteiger charge is 2.22. The number of hydrogen-bond donors (Lipinski definition) is 1. The Bertz CT molecular complexity index is 461. The Kier molecular flexibility index (Phi) is 4.86. The van der Waals surface area contributed by atoms with E-state index in [1.54, 1.807) is 0 Å². The van der Waals surface area contributed by atoms with Crippen LogP contribution in [-0.2, 0) is 11.3 Å². The summed E-state index contributed by atoms with van der Waals surface area (Å²) in [5, 5.41) is 0. The normalized spacial score (nSPS) is 20.4. The van der Waals surface area contributed by atoms with Gasteiger partial charge in [-0.2, -0.15) is 0 Å². The standard InChI is InChI=1S/C15H21BrN2O/c1-2-11-3-6-15(19)18(8-7-11)10-12-4-5-13(16)9-14(12)17/h4-5,9,11H,2-3,6-8,10,17H2,1H3. The van der Waals surface area contributed by atoms with Crippen LogP contribution in [0, 0.1) is 5.92 Å². The van der Waals surface area contributed by atoms with E-state index >= 15 is 0 Å². The van der Waals surface area contributed by atoms with E-state index in [1.165, 1.54) is 6.42 Å². The first-order valence-corrected chi connectivity index (χ1v) is 7.71. The molecule has 0 aliphatic carbocycles. The number of likely N-dealkylation sites (tertiary alicyclic amines) is 1. The molecule has 1 atom stereocenters. The predicted molar refractivity (Wildman–Crippen MR) is 81.6 cm³/mol. The van der Waals surface area contributed by atoms with Gasteiger partial charge in [-0.25, -0.2) is 0 Å². The molecule has 1 aliphatic heterocycles. The van der Waals surface area contributed by atoms with Crippen molar-refractivity contribution in [2.24, 2.45) is 5.92 Å². The molecule has 1 amide bonds. The van der Waals surface area contributed by atoms with E-state index in [4.69, 9.17) is 5.73 Å². The molecule has 0 radical (unpaired) electrons. The van der Waals surface area contributed by atoms with E-state index in [-0.39, 0.29) is 5.91 Å². The first kappa shape index (κ1) is 14.4. The number of benzene rings is 1. The Balaban J connectivity index is 2.07. The first-order valence-electron chi connectivity index (χ1n) is 6.91. The zero-order valence-corrected chi connectivity index (χ0v) is 12.9. The minimum Gasteiger partial charge on any atom is -0.398 e. The summed E-state index contributed by atoms with van der Waals surface area (Å²) in [6.07, 6.45) is 3.98. The second-order valence-corrected chi connectivity index (χ2v) is 6.18. The van der Waals surface area contributed by atoms with Crippen molar-refractivity contribution in [3.63, 3.8) is 0 Å². The molecule has 1 aromatic rings. The van der Waals surface area contributed by atoms with E-state index < -0.39 is 0 Å². The van der Waals surface area contributed by atoms with Gasteiger partial charge in [-0.15, -0.1) is 0 Å². The fourth-order valence-electron chi connectivity index (χ4n) is 2.58. The van der Waals surface area contributed by atoms with Crippen LogP contribution in [-0.4, -0.2) is 17.4 Å². The Morgan fingerprint density at radius 3 is 2.89 bits per heavy atom. The van der Waals surface area contributed by atoms with Crippen molar-refractivity contribution in [3.8, 4) is 0 Å². The highest BCUT2D eigenvalue weighted by atomic mass is 79.9. The average molecular weight is 325 g/mol. The second kappa shape index (κ2) is 6.42. The van der Waals surface area contributed by atoms with Crippen LogP contribution in [0.25, 0.3) is 0 Å². The zero-order chi connectivity index (χ0) is 13.8. The summed E-state index contributed by atoms with van der Waals surface area (Å²) in [5.41, 5.74) is 7.79. The number of rotatable bonds is 3. The molecule has 0 aromatic heterocycles. The van der Waals surface area contributed by atoms with Gasteiger partial charge in [0.25, 0.3) is 0 Å². The van der Waals surface area contributed by atoms with Gasteiger partial charge in [0.15, 0.2) is 0 Å². The Hall–Kier alpha value is -1.03. The molecule has 4 heteroatoms. The van der Waals surface area contributed by atoms with Crippen molar-refractivity contribution in [2.75, 3.05) is 12.3 Å². The summed E-state index contributed by atoms with van der Waals surface area (Å²) < 4.78 is 0.974. The van der Waals surface area contributed by atoms with Crippen LogP contribution < -0.4 is 5.73 Å². The van der Waals surface area contributed by atoms with E-state index in [0.717, 1.165) is 35.1 Å². The monoisotopic (exact) mass is 324 g/mol.